The third kappa shape index (κ3) is 3.76. The van der Waals surface area contributed by atoms with Crippen molar-refractivity contribution < 1.29 is 4.74 Å². The summed E-state index contributed by atoms with van der Waals surface area (Å²) in [4.78, 5) is 10.5. The van der Waals surface area contributed by atoms with Gasteiger partial charge in [0, 0.05) is 25.6 Å². The fourth-order valence-electron chi connectivity index (χ4n) is 2.72. The van der Waals surface area contributed by atoms with Gasteiger partial charge in [0.25, 0.3) is 0 Å². The molecule has 0 amide bonds. The first kappa shape index (κ1) is 15.3. The smallest absolute Gasteiger partial charge is 0.233 e. The van der Waals surface area contributed by atoms with Crippen molar-refractivity contribution in [3.05, 3.63) is 52.4 Å². The van der Waals surface area contributed by atoms with Crippen molar-refractivity contribution in [1.82, 2.24) is 14.9 Å². The van der Waals surface area contributed by atoms with Crippen molar-refractivity contribution in [1.29, 1.82) is 0 Å². The van der Waals surface area contributed by atoms with E-state index in [1.807, 2.05) is 0 Å². The normalized spacial score (nSPS) is 15.6. The third-order valence-corrected chi connectivity index (χ3v) is 4.16. The highest BCUT2D eigenvalue weighted by Crippen LogP contribution is 2.22. The van der Waals surface area contributed by atoms with E-state index in [2.05, 4.69) is 46.9 Å². The number of hydrogen-bond donors (Lipinski definition) is 0. The average molecular weight is 318 g/mol. The van der Waals surface area contributed by atoms with Gasteiger partial charge < -0.3 is 4.74 Å². The van der Waals surface area contributed by atoms with Crippen LogP contribution in [0.4, 0.5) is 0 Å². The molecule has 0 N–H and O–H groups in total. The van der Waals surface area contributed by atoms with E-state index >= 15 is 0 Å². The topological polar surface area (TPSA) is 38.2 Å². The van der Waals surface area contributed by atoms with E-state index in [-0.39, 0.29) is 0 Å². The predicted octanol–water partition coefficient (Wildman–Crippen LogP) is 3.26. The maximum absolute atomic E-state index is 5.79. The summed E-state index contributed by atoms with van der Waals surface area (Å²) in [5, 5.41) is 0.364. The van der Waals surface area contributed by atoms with Gasteiger partial charge in [0.05, 0.1) is 19.0 Å². The van der Waals surface area contributed by atoms with Gasteiger partial charge in [-0.3, -0.25) is 9.88 Å². The molecule has 0 bridgehead atoms. The molecule has 2 aromatic rings. The zero-order valence-electron chi connectivity index (χ0n) is 12.9. The summed E-state index contributed by atoms with van der Waals surface area (Å²) in [5.74, 6) is 1.05. The summed E-state index contributed by atoms with van der Waals surface area (Å²) < 4.78 is 5.65. The fourth-order valence-corrected chi connectivity index (χ4v) is 2.86. The minimum atomic E-state index is 0.364. The Labute approximate surface area is 136 Å². The van der Waals surface area contributed by atoms with Crippen molar-refractivity contribution in [3.8, 4) is 5.88 Å². The first-order valence-electron chi connectivity index (χ1n) is 7.49. The Kier molecular flexibility index (Phi) is 4.60. The molecule has 1 aromatic heterocycles. The Morgan fingerprint density at radius 2 is 2.09 bits per heavy atom. The first-order valence-corrected chi connectivity index (χ1v) is 7.87. The van der Waals surface area contributed by atoms with Crippen LogP contribution < -0.4 is 4.74 Å². The minimum Gasteiger partial charge on any atom is -0.476 e. The highest BCUT2D eigenvalue weighted by molar-refractivity contribution is 6.29. The lowest BCUT2D eigenvalue weighted by atomic mass is 9.98. The SMILES string of the molecule is Cc1ccc(C)c(CN2CC(COc3cncc(Cl)n3)C2)c1. The van der Waals surface area contributed by atoms with Crippen LogP contribution in [-0.4, -0.2) is 34.6 Å². The van der Waals surface area contributed by atoms with E-state index in [9.17, 15) is 0 Å². The molecule has 2 heterocycles. The summed E-state index contributed by atoms with van der Waals surface area (Å²) >= 11 is 5.79. The van der Waals surface area contributed by atoms with Crippen molar-refractivity contribution in [2.45, 2.75) is 20.4 Å². The maximum atomic E-state index is 5.79. The van der Waals surface area contributed by atoms with Gasteiger partial charge in [0.15, 0.2) is 5.15 Å². The van der Waals surface area contributed by atoms with E-state index < -0.39 is 0 Å². The molecular weight excluding hydrogens is 298 g/mol. The van der Waals surface area contributed by atoms with Crippen LogP contribution in [0.15, 0.2) is 30.6 Å². The molecule has 0 radical (unpaired) electrons. The molecule has 0 aliphatic carbocycles. The lowest BCUT2D eigenvalue weighted by Gasteiger charge is -2.39. The molecule has 1 saturated heterocycles. The zero-order chi connectivity index (χ0) is 15.5. The molecule has 1 aromatic carbocycles. The molecule has 116 valence electrons. The van der Waals surface area contributed by atoms with Crippen LogP contribution >= 0.6 is 11.6 Å². The first-order chi connectivity index (χ1) is 10.6. The number of halogens is 1. The average Bonchev–Trinajstić information content (AvgIpc) is 2.45. The molecule has 1 fully saturated rings. The van der Waals surface area contributed by atoms with Crippen LogP contribution in [0.1, 0.15) is 16.7 Å². The lowest BCUT2D eigenvalue weighted by molar-refractivity contribution is 0.0541. The van der Waals surface area contributed by atoms with Gasteiger partial charge in [0.2, 0.25) is 5.88 Å². The molecule has 22 heavy (non-hydrogen) atoms. The predicted molar refractivity (Wildman–Crippen MR) is 87.2 cm³/mol. The number of aromatic nitrogens is 2. The van der Waals surface area contributed by atoms with Crippen LogP contribution in [0.5, 0.6) is 5.88 Å². The largest absolute Gasteiger partial charge is 0.476 e. The van der Waals surface area contributed by atoms with Crippen molar-refractivity contribution >= 4 is 11.6 Å². The Balaban J connectivity index is 1.45. The van der Waals surface area contributed by atoms with Crippen LogP contribution in [0, 0.1) is 19.8 Å². The van der Waals surface area contributed by atoms with E-state index in [0.717, 1.165) is 19.6 Å². The Hall–Kier alpha value is -1.65. The summed E-state index contributed by atoms with van der Waals surface area (Å²) in [7, 11) is 0. The molecule has 0 saturated carbocycles. The molecular formula is C17H20ClN3O. The van der Waals surface area contributed by atoms with Gasteiger partial charge in [0.1, 0.15) is 0 Å². The number of likely N-dealkylation sites (tertiary alicyclic amines) is 1. The van der Waals surface area contributed by atoms with Crippen molar-refractivity contribution in [3.63, 3.8) is 0 Å². The summed E-state index contributed by atoms with van der Waals surface area (Å²) in [6.45, 7) is 8.11. The van der Waals surface area contributed by atoms with Gasteiger partial charge >= 0.3 is 0 Å². The van der Waals surface area contributed by atoms with Crippen molar-refractivity contribution in [2.75, 3.05) is 19.7 Å². The number of benzene rings is 1. The number of ether oxygens (including phenoxy) is 1. The number of nitrogens with zero attached hydrogens (tertiary/aromatic N) is 3. The molecule has 4 nitrogen and oxygen atoms in total. The van der Waals surface area contributed by atoms with Crippen LogP contribution in [0.25, 0.3) is 0 Å². The van der Waals surface area contributed by atoms with Gasteiger partial charge in [-0.15, -0.1) is 0 Å². The summed E-state index contributed by atoms with van der Waals surface area (Å²) in [6, 6.07) is 6.64. The Bertz CT molecular complexity index is 656. The van der Waals surface area contributed by atoms with E-state index in [1.54, 1.807) is 6.20 Å². The van der Waals surface area contributed by atoms with Crippen LogP contribution in [0.3, 0.4) is 0 Å². The van der Waals surface area contributed by atoms with Crippen molar-refractivity contribution in [2.24, 2.45) is 5.92 Å². The molecule has 0 unspecified atom stereocenters. The number of hydrogen-bond acceptors (Lipinski definition) is 4. The highest BCUT2D eigenvalue weighted by Gasteiger charge is 2.27. The maximum Gasteiger partial charge on any atom is 0.233 e. The van der Waals surface area contributed by atoms with Crippen LogP contribution in [-0.2, 0) is 6.54 Å². The molecule has 0 spiro atoms. The second-order valence-corrected chi connectivity index (χ2v) is 6.37. The van der Waals surface area contributed by atoms with Gasteiger partial charge in [-0.05, 0) is 25.0 Å². The Morgan fingerprint density at radius 3 is 2.86 bits per heavy atom. The van der Waals surface area contributed by atoms with Gasteiger partial charge in [-0.2, -0.15) is 4.98 Å². The zero-order valence-corrected chi connectivity index (χ0v) is 13.7. The van der Waals surface area contributed by atoms with Gasteiger partial charge in [-0.1, -0.05) is 35.4 Å². The van der Waals surface area contributed by atoms with E-state index in [1.165, 1.54) is 22.9 Å². The second kappa shape index (κ2) is 6.63. The molecule has 1 aliphatic rings. The summed E-state index contributed by atoms with van der Waals surface area (Å²) in [6.07, 6.45) is 3.10. The minimum absolute atomic E-state index is 0.364. The number of rotatable bonds is 5. The standard InChI is InChI=1S/C17H20ClN3O/c1-12-3-4-13(2)15(5-12)10-21-8-14(9-21)11-22-17-7-19-6-16(18)20-17/h3-7,14H,8-11H2,1-2H3. The second-order valence-electron chi connectivity index (χ2n) is 5.98. The lowest BCUT2D eigenvalue weighted by Crippen LogP contribution is -2.48. The molecule has 0 atom stereocenters. The monoisotopic (exact) mass is 317 g/mol. The quantitative estimate of drug-likeness (QED) is 0.848. The molecule has 1 aliphatic heterocycles. The van der Waals surface area contributed by atoms with Crippen LogP contribution in [0.2, 0.25) is 5.15 Å². The molecule has 5 heteroatoms. The van der Waals surface area contributed by atoms with E-state index in [4.69, 9.17) is 16.3 Å². The fraction of sp³-hybridized carbons (Fsp3) is 0.412. The Morgan fingerprint density at radius 1 is 1.27 bits per heavy atom. The van der Waals surface area contributed by atoms with Gasteiger partial charge in [-0.25, -0.2) is 0 Å². The summed E-state index contributed by atoms with van der Waals surface area (Å²) in [5.41, 5.74) is 4.10. The highest BCUT2D eigenvalue weighted by atomic mass is 35.5. The molecule has 3 rings (SSSR count). The third-order valence-electron chi connectivity index (χ3n) is 3.98. The van der Waals surface area contributed by atoms with E-state index in [0.29, 0.717) is 23.6 Å². The number of aryl methyl sites for hydroxylation is 2.